The first kappa shape index (κ1) is 22.6. The van der Waals surface area contributed by atoms with E-state index in [4.69, 9.17) is 9.72 Å². The van der Waals surface area contributed by atoms with Crippen LogP contribution in [-0.2, 0) is 19.5 Å². The lowest BCUT2D eigenvalue weighted by atomic mass is 10.1. The molecule has 0 saturated carbocycles. The van der Waals surface area contributed by atoms with Crippen molar-refractivity contribution >= 4 is 16.8 Å². The second-order valence-electron chi connectivity index (χ2n) is 9.30. The molecule has 0 aliphatic carbocycles. The van der Waals surface area contributed by atoms with Crippen molar-refractivity contribution in [3.05, 3.63) is 69.8 Å². The van der Waals surface area contributed by atoms with E-state index in [9.17, 15) is 9.59 Å². The number of rotatable bonds is 4. The molecular formula is C27H32N4O3. The minimum Gasteiger partial charge on any atom is -0.497 e. The van der Waals surface area contributed by atoms with Crippen molar-refractivity contribution in [3.8, 4) is 5.75 Å². The molecule has 0 spiro atoms. The number of aryl methyl sites for hydroxylation is 1. The number of fused-ring (bicyclic) bond motifs is 2. The number of amides is 1. The van der Waals surface area contributed by atoms with Crippen LogP contribution in [0.25, 0.3) is 10.9 Å². The molecule has 1 amide bonds. The summed E-state index contributed by atoms with van der Waals surface area (Å²) in [4.78, 5) is 35.4. The molecule has 178 valence electrons. The molecule has 0 unspecified atom stereocenters. The van der Waals surface area contributed by atoms with Crippen molar-refractivity contribution in [3.63, 3.8) is 0 Å². The molecule has 1 fully saturated rings. The van der Waals surface area contributed by atoms with Crippen LogP contribution in [0, 0.1) is 0 Å². The molecule has 0 radical (unpaired) electrons. The molecule has 3 aromatic rings. The molecule has 0 N–H and O–H groups in total. The molecule has 7 heteroatoms. The number of piperazine rings is 1. The van der Waals surface area contributed by atoms with Gasteiger partial charge in [-0.3, -0.25) is 19.1 Å². The number of aromatic nitrogens is 2. The smallest absolute Gasteiger partial charge is 0.261 e. The molecule has 1 saturated heterocycles. The van der Waals surface area contributed by atoms with Gasteiger partial charge < -0.3 is 9.64 Å². The highest BCUT2D eigenvalue weighted by Gasteiger charge is 2.23. The minimum atomic E-state index is 0.0136. The van der Waals surface area contributed by atoms with E-state index in [0.29, 0.717) is 29.6 Å². The Morgan fingerprint density at radius 1 is 0.941 bits per heavy atom. The number of ether oxygens (including phenoxy) is 1. The highest BCUT2D eigenvalue weighted by atomic mass is 16.5. The van der Waals surface area contributed by atoms with Crippen LogP contribution >= 0.6 is 0 Å². The molecule has 34 heavy (non-hydrogen) atoms. The van der Waals surface area contributed by atoms with Gasteiger partial charge in [0.2, 0.25) is 0 Å². The van der Waals surface area contributed by atoms with Gasteiger partial charge in [-0.05, 0) is 48.7 Å². The van der Waals surface area contributed by atoms with E-state index in [2.05, 4.69) is 17.0 Å². The van der Waals surface area contributed by atoms with Gasteiger partial charge in [-0.25, -0.2) is 4.98 Å². The van der Waals surface area contributed by atoms with Gasteiger partial charge in [-0.1, -0.05) is 25.0 Å². The first-order valence-electron chi connectivity index (χ1n) is 12.3. The molecule has 2 aliphatic heterocycles. The Morgan fingerprint density at radius 3 is 2.47 bits per heavy atom. The molecule has 0 bridgehead atoms. The highest BCUT2D eigenvalue weighted by Crippen LogP contribution is 2.19. The summed E-state index contributed by atoms with van der Waals surface area (Å²) in [6, 6.07) is 13.5. The number of hydrogen-bond acceptors (Lipinski definition) is 5. The van der Waals surface area contributed by atoms with Crippen molar-refractivity contribution in [2.75, 3.05) is 33.3 Å². The summed E-state index contributed by atoms with van der Waals surface area (Å²) in [6.07, 6.45) is 5.22. The van der Waals surface area contributed by atoms with Gasteiger partial charge in [0.15, 0.2) is 0 Å². The maximum absolute atomic E-state index is 13.2. The summed E-state index contributed by atoms with van der Waals surface area (Å²) in [5, 5.41) is 0.602. The van der Waals surface area contributed by atoms with E-state index in [0.717, 1.165) is 63.4 Å². The van der Waals surface area contributed by atoms with E-state index in [1.807, 2.05) is 27.7 Å². The second kappa shape index (κ2) is 9.97. The molecule has 1 aromatic heterocycles. The lowest BCUT2D eigenvalue weighted by Crippen LogP contribution is -2.48. The largest absolute Gasteiger partial charge is 0.497 e. The van der Waals surface area contributed by atoms with E-state index in [-0.39, 0.29) is 11.5 Å². The van der Waals surface area contributed by atoms with E-state index in [1.54, 1.807) is 19.2 Å². The van der Waals surface area contributed by atoms with Gasteiger partial charge in [0.25, 0.3) is 11.5 Å². The predicted octanol–water partition coefficient (Wildman–Crippen LogP) is 3.48. The zero-order valence-corrected chi connectivity index (χ0v) is 19.8. The summed E-state index contributed by atoms with van der Waals surface area (Å²) in [5.41, 5.74) is 2.51. The van der Waals surface area contributed by atoms with Gasteiger partial charge in [0.1, 0.15) is 11.6 Å². The normalized spacial score (nSPS) is 17.1. The quantitative estimate of drug-likeness (QED) is 0.596. The Kier molecular flexibility index (Phi) is 6.63. The van der Waals surface area contributed by atoms with Gasteiger partial charge in [-0.2, -0.15) is 0 Å². The monoisotopic (exact) mass is 460 g/mol. The zero-order valence-electron chi connectivity index (χ0n) is 19.8. The Bertz CT molecular complexity index is 1230. The molecule has 2 aromatic carbocycles. The number of nitrogens with zero attached hydrogens (tertiary/aromatic N) is 4. The molecule has 7 nitrogen and oxygen atoms in total. The standard InChI is InChI=1S/C27H32N4O3/c1-34-22-10-7-20(8-11-22)19-29-14-16-30(17-15-29)26(32)21-9-12-23-24(18-21)28-25-6-4-2-3-5-13-31(25)27(23)33/h7-12,18H,2-6,13-17,19H2,1H3. The second-order valence-corrected chi connectivity index (χ2v) is 9.30. The average Bonchev–Trinajstić information content (AvgIpc) is 2.85. The van der Waals surface area contributed by atoms with Crippen LogP contribution in [-0.4, -0.2) is 58.5 Å². The first-order chi connectivity index (χ1) is 16.6. The fraction of sp³-hybridized carbons (Fsp3) is 0.444. The summed E-state index contributed by atoms with van der Waals surface area (Å²) in [5.74, 6) is 1.73. The Hall–Kier alpha value is -3.19. The third-order valence-corrected chi connectivity index (χ3v) is 7.04. The SMILES string of the molecule is COc1ccc(CN2CCN(C(=O)c3ccc4c(=O)n5c(nc4c3)CCCCCC5)CC2)cc1. The van der Waals surface area contributed by atoms with E-state index >= 15 is 0 Å². The summed E-state index contributed by atoms with van der Waals surface area (Å²) < 4.78 is 7.07. The minimum absolute atomic E-state index is 0.0136. The molecule has 2 aliphatic rings. The van der Waals surface area contributed by atoms with E-state index in [1.165, 1.54) is 12.0 Å². The van der Waals surface area contributed by atoms with Gasteiger partial charge >= 0.3 is 0 Å². The van der Waals surface area contributed by atoms with Gasteiger partial charge in [-0.15, -0.1) is 0 Å². The Balaban J connectivity index is 1.28. The Morgan fingerprint density at radius 2 is 1.71 bits per heavy atom. The highest BCUT2D eigenvalue weighted by molar-refractivity contribution is 5.97. The summed E-state index contributed by atoms with van der Waals surface area (Å²) >= 11 is 0. The molecular weight excluding hydrogens is 428 g/mol. The zero-order chi connectivity index (χ0) is 23.5. The van der Waals surface area contributed by atoms with Crippen molar-refractivity contribution in [2.24, 2.45) is 0 Å². The van der Waals surface area contributed by atoms with Crippen molar-refractivity contribution in [2.45, 2.75) is 45.2 Å². The average molecular weight is 461 g/mol. The third kappa shape index (κ3) is 4.71. The van der Waals surface area contributed by atoms with Crippen LogP contribution in [0.4, 0.5) is 0 Å². The molecule has 0 atom stereocenters. The number of hydrogen-bond donors (Lipinski definition) is 0. The Labute approximate surface area is 200 Å². The third-order valence-electron chi connectivity index (χ3n) is 7.04. The van der Waals surface area contributed by atoms with Crippen LogP contribution in [0.3, 0.4) is 0 Å². The van der Waals surface area contributed by atoms with Crippen LogP contribution in [0.2, 0.25) is 0 Å². The van der Waals surface area contributed by atoms with Crippen LogP contribution < -0.4 is 10.3 Å². The van der Waals surface area contributed by atoms with Gasteiger partial charge in [0.05, 0.1) is 18.0 Å². The van der Waals surface area contributed by atoms with Crippen LogP contribution in [0.5, 0.6) is 5.75 Å². The lowest BCUT2D eigenvalue weighted by Gasteiger charge is -2.34. The first-order valence-corrected chi connectivity index (χ1v) is 12.3. The van der Waals surface area contributed by atoms with Crippen molar-refractivity contribution in [1.82, 2.24) is 19.4 Å². The van der Waals surface area contributed by atoms with Crippen molar-refractivity contribution < 1.29 is 9.53 Å². The number of methoxy groups -OCH3 is 1. The lowest BCUT2D eigenvalue weighted by molar-refractivity contribution is 0.0628. The predicted molar refractivity (Wildman–Crippen MR) is 132 cm³/mol. The fourth-order valence-electron chi connectivity index (χ4n) is 5.01. The maximum Gasteiger partial charge on any atom is 0.261 e. The molecule has 3 heterocycles. The van der Waals surface area contributed by atoms with Crippen LogP contribution in [0.15, 0.2) is 47.3 Å². The van der Waals surface area contributed by atoms with Gasteiger partial charge in [0, 0.05) is 51.3 Å². The topological polar surface area (TPSA) is 67.7 Å². The summed E-state index contributed by atoms with van der Waals surface area (Å²) in [6.45, 7) is 4.64. The molecule has 5 rings (SSSR count). The van der Waals surface area contributed by atoms with Crippen molar-refractivity contribution in [1.29, 1.82) is 0 Å². The maximum atomic E-state index is 13.2. The summed E-state index contributed by atoms with van der Waals surface area (Å²) in [7, 11) is 1.67. The number of carbonyl (C=O) groups excluding carboxylic acids is 1. The van der Waals surface area contributed by atoms with E-state index < -0.39 is 0 Å². The van der Waals surface area contributed by atoms with Crippen LogP contribution in [0.1, 0.15) is 47.4 Å². The fourth-order valence-corrected chi connectivity index (χ4v) is 5.01. The number of carbonyl (C=O) groups is 1. The number of benzene rings is 2.